The zero-order chi connectivity index (χ0) is 36.5. The van der Waals surface area contributed by atoms with Crippen LogP contribution in [0.4, 0.5) is 0 Å². The van der Waals surface area contributed by atoms with Crippen molar-refractivity contribution in [3.8, 4) is 0 Å². The molecule has 0 aromatic rings. The van der Waals surface area contributed by atoms with Crippen molar-refractivity contribution in [3.63, 3.8) is 0 Å². The molecule has 0 spiro atoms. The summed E-state index contributed by atoms with van der Waals surface area (Å²) in [6.45, 7) is 18.7. The first-order chi connectivity index (χ1) is 23.5. The molecule has 2 N–H and O–H groups in total. The lowest BCUT2D eigenvalue weighted by molar-refractivity contribution is 0.0528. The van der Waals surface area contributed by atoms with E-state index in [1.165, 1.54) is 141 Å². The average Bonchev–Trinajstić information content (AvgIpc) is 3.04. The molecule has 0 rings (SSSR count). The minimum atomic E-state index is -1.82. The molecule has 0 aliphatic carbocycles. The van der Waals surface area contributed by atoms with Gasteiger partial charge < -0.3 is 14.6 Å². The van der Waals surface area contributed by atoms with Crippen molar-refractivity contribution in [2.75, 3.05) is 26.2 Å². The number of nitrogens with zero attached hydrogens (tertiary/aromatic N) is 1. The van der Waals surface area contributed by atoms with Crippen LogP contribution in [-0.4, -0.2) is 61.9 Å². The normalized spacial score (nSPS) is 14.2. The maximum absolute atomic E-state index is 10.9. The van der Waals surface area contributed by atoms with E-state index in [0.717, 1.165) is 32.2 Å². The SMILES string of the molecule is CCCCCCCC/C=C\CCCCCCC(O)CN(CCO[Si](C)(C)C(C)(C)C)CC(O)CCCCCC/C=C\CCCCCCCC. The molecule has 0 amide bonds. The molecule has 0 aromatic heterocycles. The Labute approximate surface area is 309 Å². The number of hydrogen-bond acceptors (Lipinski definition) is 4. The molecule has 0 aliphatic heterocycles. The van der Waals surface area contributed by atoms with Gasteiger partial charge in [-0.2, -0.15) is 0 Å². The third kappa shape index (κ3) is 32.0. The van der Waals surface area contributed by atoms with Crippen LogP contribution in [0.5, 0.6) is 0 Å². The van der Waals surface area contributed by atoms with E-state index in [-0.39, 0.29) is 17.2 Å². The average molecular weight is 708 g/mol. The van der Waals surface area contributed by atoms with Crippen molar-refractivity contribution in [1.82, 2.24) is 4.90 Å². The summed E-state index contributed by atoms with van der Waals surface area (Å²) in [7, 11) is -1.82. The largest absolute Gasteiger partial charge is 0.416 e. The number of unbranched alkanes of at least 4 members (excludes halogenated alkanes) is 20. The van der Waals surface area contributed by atoms with Crippen LogP contribution >= 0.6 is 0 Å². The maximum atomic E-state index is 10.9. The van der Waals surface area contributed by atoms with E-state index in [9.17, 15) is 10.2 Å². The topological polar surface area (TPSA) is 52.9 Å². The highest BCUT2D eigenvalue weighted by Crippen LogP contribution is 2.36. The van der Waals surface area contributed by atoms with E-state index in [1.807, 2.05) is 0 Å². The second-order valence-corrected chi connectivity index (χ2v) is 21.5. The Bertz CT molecular complexity index is 701. The highest BCUT2D eigenvalue weighted by atomic mass is 28.4. The van der Waals surface area contributed by atoms with Crippen LogP contribution in [0.3, 0.4) is 0 Å². The van der Waals surface area contributed by atoms with E-state index >= 15 is 0 Å². The van der Waals surface area contributed by atoms with Crippen molar-refractivity contribution in [2.24, 2.45) is 0 Å². The van der Waals surface area contributed by atoms with E-state index in [1.54, 1.807) is 0 Å². The molecule has 0 bridgehead atoms. The second kappa shape index (κ2) is 33.4. The molecule has 0 aromatic carbocycles. The smallest absolute Gasteiger partial charge is 0.192 e. The fraction of sp³-hybridized carbons (Fsp3) is 0.909. The molecule has 2 unspecified atom stereocenters. The van der Waals surface area contributed by atoms with Crippen LogP contribution in [0.25, 0.3) is 0 Å². The predicted molar refractivity (Wildman–Crippen MR) is 221 cm³/mol. The lowest BCUT2D eigenvalue weighted by Gasteiger charge is -2.37. The van der Waals surface area contributed by atoms with Gasteiger partial charge >= 0.3 is 0 Å². The van der Waals surface area contributed by atoms with Crippen molar-refractivity contribution >= 4 is 8.32 Å². The molecule has 2 atom stereocenters. The molecule has 5 heteroatoms. The number of rotatable bonds is 36. The maximum Gasteiger partial charge on any atom is 0.192 e. The Morgan fingerprint density at radius 2 is 0.857 bits per heavy atom. The van der Waals surface area contributed by atoms with Crippen LogP contribution in [0.1, 0.15) is 202 Å². The first-order valence-corrected chi connectivity index (χ1v) is 24.5. The van der Waals surface area contributed by atoms with E-state index in [0.29, 0.717) is 19.7 Å². The van der Waals surface area contributed by atoms with Crippen molar-refractivity contribution in [2.45, 2.75) is 232 Å². The van der Waals surface area contributed by atoms with Gasteiger partial charge in [-0.3, -0.25) is 4.90 Å². The minimum absolute atomic E-state index is 0.185. The molecule has 0 aliphatic rings. The zero-order valence-electron chi connectivity index (χ0n) is 34.4. The van der Waals surface area contributed by atoms with E-state index in [2.05, 4.69) is 76.9 Å². The summed E-state index contributed by atoms with van der Waals surface area (Å²) in [6.07, 6.45) is 41.4. The highest BCUT2D eigenvalue weighted by molar-refractivity contribution is 6.74. The van der Waals surface area contributed by atoms with Crippen LogP contribution in [0.15, 0.2) is 24.3 Å². The molecule has 0 saturated carbocycles. The molecule has 0 radical (unpaired) electrons. The Hall–Kier alpha value is -0.463. The van der Waals surface area contributed by atoms with Gasteiger partial charge in [-0.05, 0) is 82.3 Å². The molecule has 0 heterocycles. The molecular weight excluding hydrogens is 619 g/mol. The van der Waals surface area contributed by atoms with Gasteiger partial charge in [-0.15, -0.1) is 0 Å². The lowest BCUT2D eigenvalue weighted by atomic mass is 10.1. The summed E-state index contributed by atoms with van der Waals surface area (Å²) in [4.78, 5) is 2.27. The Morgan fingerprint density at radius 3 is 1.20 bits per heavy atom. The third-order valence-electron chi connectivity index (χ3n) is 10.7. The standard InChI is InChI=1S/C44H89NO3Si/c1-8-10-12-14-16-18-20-22-24-26-28-30-32-34-36-42(46)40-45(38-39-48-49(6,7)44(3,4)5)41-43(47)37-35-33-31-29-27-25-23-21-19-17-15-13-11-9-2/h22-25,42-43,46-47H,8-21,26-41H2,1-7H3/b24-22-,25-23-. The van der Waals surface area contributed by atoms with Crippen molar-refractivity contribution < 1.29 is 14.6 Å². The Balaban J connectivity index is 4.32. The fourth-order valence-electron chi connectivity index (χ4n) is 6.23. The van der Waals surface area contributed by atoms with Crippen LogP contribution in [0, 0.1) is 0 Å². The Morgan fingerprint density at radius 1 is 0.531 bits per heavy atom. The third-order valence-corrected chi connectivity index (χ3v) is 15.3. The van der Waals surface area contributed by atoms with Gasteiger partial charge in [0.1, 0.15) is 0 Å². The van der Waals surface area contributed by atoms with E-state index in [4.69, 9.17) is 4.43 Å². The zero-order valence-corrected chi connectivity index (χ0v) is 35.4. The van der Waals surface area contributed by atoms with E-state index < -0.39 is 8.32 Å². The number of aliphatic hydroxyl groups excluding tert-OH is 2. The quantitative estimate of drug-likeness (QED) is 0.0387. The van der Waals surface area contributed by atoms with Crippen molar-refractivity contribution in [1.29, 1.82) is 0 Å². The fourth-order valence-corrected chi connectivity index (χ4v) is 7.26. The van der Waals surface area contributed by atoms with Gasteiger partial charge in [0.15, 0.2) is 8.32 Å². The monoisotopic (exact) mass is 708 g/mol. The number of hydrogen-bond donors (Lipinski definition) is 2. The van der Waals surface area contributed by atoms with Crippen molar-refractivity contribution in [3.05, 3.63) is 24.3 Å². The Kier molecular flexibility index (Phi) is 33.1. The van der Waals surface area contributed by atoms with Crippen LogP contribution in [-0.2, 0) is 4.43 Å². The predicted octanol–water partition coefficient (Wildman–Crippen LogP) is 13.3. The summed E-state index contributed by atoms with van der Waals surface area (Å²) in [5, 5.41) is 22.1. The molecule has 4 nitrogen and oxygen atoms in total. The molecule has 49 heavy (non-hydrogen) atoms. The minimum Gasteiger partial charge on any atom is -0.416 e. The summed E-state index contributed by atoms with van der Waals surface area (Å²) < 4.78 is 6.48. The van der Waals surface area contributed by atoms with Crippen LogP contribution in [0.2, 0.25) is 18.1 Å². The lowest BCUT2D eigenvalue weighted by Crippen LogP contribution is -2.45. The second-order valence-electron chi connectivity index (χ2n) is 16.7. The van der Waals surface area contributed by atoms with Gasteiger partial charge in [-0.25, -0.2) is 0 Å². The summed E-state index contributed by atoms with van der Waals surface area (Å²) in [6, 6.07) is 0. The molecule has 0 saturated heterocycles. The van der Waals surface area contributed by atoms with Gasteiger partial charge in [0.05, 0.1) is 12.2 Å². The number of allylic oxidation sites excluding steroid dienone is 4. The summed E-state index contributed by atoms with van der Waals surface area (Å²) in [5.41, 5.74) is 0. The molecule has 0 fully saturated rings. The summed E-state index contributed by atoms with van der Waals surface area (Å²) in [5.74, 6) is 0. The molecular formula is C44H89NO3Si. The first-order valence-electron chi connectivity index (χ1n) is 21.6. The van der Waals surface area contributed by atoms with Gasteiger partial charge in [0, 0.05) is 26.2 Å². The van der Waals surface area contributed by atoms with Gasteiger partial charge in [-0.1, -0.05) is 162 Å². The summed E-state index contributed by atoms with van der Waals surface area (Å²) >= 11 is 0. The number of aliphatic hydroxyl groups is 2. The first kappa shape index (κ1) is 48.5. The highest BCUT2D eigenvalue weighted by Gasteiger charge is 2.37. The van der Waals surface area contributed by atoms with Gasteiger partial charge in [0.25, 0.3) is 0 Å². The van der Waals surface area contributed by atoms with Crippen LogP contribution < -0.4 is 0 Å². The van der Waals surface area contributed by atoms with Gasteiger partial charge in [0.2, 0.25) is 0 Å². The molecule has 292 valence electrons.